The van der Waals surface area contributed by atoms with E-state index < -0.39 is 48.8 Å². The van der Waals surface area contributed by atoms with Gasteiger partial charge in [-0.2, -0.15) is 10.2 Å². The van der Waals surface area contributed by atoms with Crippen molar-refractivity contribution >= 4 is 86.0 Å². The second kappa shape index (κ2) is 22.4. The van der Waals surface area contributed by atoms with E-state index in [-0.39, 0.29) is 42.5 Å². The number of aromatic nitrogens is 7. The van der Waals surface area contributed by atoms with Crippen molar-refractivity contribution in [2.45, 2.75) is 96.7 Å². The van der Waals surface area contributed by atoms with Crippen LogP contribution in [0.5, 0.6) is 0 Å². The molecule has 3 aromatic carbocycles. The van der Waals surface area contributed by atoms with E-state index in [4.69, 9.17) is 26.8 Å². The van der Waals surface area contributed by atoms with Crippen LogP contribution in [0.15, 0.2) is 65.8 Å². The van der Waals surface area contributed by atoms with E-state index in [2.05, 4.69) is 39.8 Å². The number of carbonyl (C=O) groups is 6. The second-order valence-corrected chi connectivity index (χ2v) is 23.0. The fraction of sp³-hybridized carbons (Fsp3) is 0.421. The van der Waals surface area contributed by atoms with E-state index in [1.54, 1.807) is 46.3 Å². The van der Waals surface area contributed by atoms with E-state index in [1.165, 1.54) is 10.7 Å². The van der Waals surface area contributed by atoms with E-state index in [1.807, 2.05) is 57.7 Å². The van der Waals surface area contributed by atoms with Crippen LogP contribution < -0.4 is 10.6 Å². The Morgan fingerprint density at radius 3 is 2.39 bits per heavy atom. The Morgan fingerprint density at radius 1 is 0.850 bits per heavy atom. The van der Waals surface area contributed by atoms with Crippen LogP contribution in [0, 0.1) is 32.5 Å². The van der Waals surface area contributed by atoms with Gasteiger partial charge in [0.25, 0.3) is 0 Å². The van der Waals surface area contributed by atoms with Crippen LogP contribution in [-0.4, -0.2) is 147 Å². The summed E-state index contributed by atoms with van der Waals surface area (Å²) in [4.78, 5) is 91.0. The van der Waals surface area contributed by atoms with E-state index >= 15 is 4.39 Å². The average molecular weight is 1130 g/mol. The molecule has 3 saturated heterocycles. The molecule has 3 atom stereocenters. The maximum absolute atomic E-state index is 16.1. The highest BCUT2D eigenvalue weighted by Gasteiger charge is 2.41. The van der Waals surface area contributed by atoms with Crippen molar-refractivity contribution in [2.75, 3.05) is 45.8 Å². The molecule has 23 heteroatoms. The van der Waals surface area contributed by atoms with Gasteiger partial charge in [0.2, 0.25) is 29.5 Å². The molecular formula is C57H61ClFN13O7S. The van der Waals surface area contributed by atoms with Crippen molar-refractivity contribution in [2.24, 2.45) is 18.0 Å². The third-order valence-electron chi connectivity index (χ3n) is 16.3. The summed E-state index contributed by atoms with van der Waals surface area (Å²) in [6.45, 7) is 7.24. The van der Waals surface area contributed by atoms with Gasteiger partial charge >= 0.3 is 5.97 Å². The normalized spacial score (nSPS) is 18.4. The molecule has 4 aliphatic heterocycles. The van der Waals surface area contributed by atoms with E-state index in [0.29, 0.717) is 121 Å². The number of amides is 5. The Labute approximate surface area is 469 Å². The fourth-order valence-electron chi connectivity index (χ4n) is 12.0. The van der Waals surface area contributed by atoms with Gasteiger partial charge < -0.3 is 30.4 Å². The highest BCUT2D eigenvalue weighted by atomic mass is 35.5. The summed E-state index contributed by atoms with van der Waals surface area (Å²) in [5.41, 5.74) is 6.62. The van der Waals surface area contributed by atoms with Crippen LogP contribution in [0.2, 0.25) is 5.02 Å². The third kappa shape index (κ3) is 10.6. The number of thiophene rings is 1. The zero-order valence-electron chi connectivity index (χ0n) is 44.9. The summed E-state index contributed by atoms with van der Waals surface area (Å²) < 4.78 is 21.3. The van der Waals surface area contributed by atoms with Crippen LogP contribution in [0.4, 0.5) is 4.39 Å². The highest BCUT2D eigenvalue weighted by molar-refractivity contribution is 7.15. The number of aliphatic carboxylic acids is 1. The molecule has 5 amide bonds. The molecule has 0 saturated carbocycles. The number of carboxylic acids is 1. The number of benzene rings is 3. The smallest absolute Gasteiger partial charge is 0.322 e. The molecule has 3 N–H and O–H groups in total. The lowest BCUT2D eigenvalue weighted by Crippen LogP contribution is -2.47. The van der Waals surface area contributed by atoms with E-state index in [9.17, 15) is 28.8 Å². The molecule has 3 fully saturated rings. The van der Waals surface area contributed by atoms with Crippen LogP contribution in [0.25, 0.3) is 37.9 Å². The minimum Gasteiger partial charge on any atom is -0.480 e. The van der Waals surface area contributed by atoms with Crippen molar-refractivity contribution in [1.82, 2.24) is 59.7 Å². The van der Waals surface area contributed by atoms with Gasteiger partial charge in [-0.1, -0.05) is 35.9 Å². The van der Waals surface area contributed by atoms with Crippen LogP contribution in [0.1, 0.15) is 102 Å². The van der Waals surface area contributed by atoms with Gasteiger partial charge in [-0.05, 0) is 107 Å². The van der Waals surface area contributed by atoms with Crippen molar-refractivity contribution in [3.8, 4) is 16.1 Å². The number of likely N-dealkylation sites (tertiary alicyclic amines) is 3. The first-order valence-electron chi connectivity index (χ1n) is 27.1. The molecule has 4 aromatic heterocycles. The molecule has 416 valence electrons. The fourth-order valence-corrected chi connectivity index (χ4v) is 13.3. The maximum atomic E-state index is 16.1. The number of carbonyl (C=O) groups excluding carboxylic acids is 5. The molecule has 11 rings (SSSR count). The van der Waals surface area contributed by atoms with Crippen molar-refractivity contribution in [3.05, 3.63) is 111 Å². The minimum absolute atomic E-state index is 0.0130. The predicted molar refractivity (Wildman–Crippen MR) is 298 cm³/mol. The van der Waals surface area contributed by atoms with E-state index in [0.717, 1.165) is 44.2 Å². The number of piperidine rings is 1. The van der Waals surface area contributed by atoms with Gasteiger partial charge in [-0.25, -0.2) is 4.39 Å². The van der Waals surface area contributed by atoms with Crippen LogP contribution in [-0.2, 0) is 42.4 Å². The minimum atomic E-state index is -1.21. The average Bonchev–Trinajstić information content (AvgIpc) is 3.99. The summed E-state index contributed by atoms with van der Waals surface area (Å²) in [7, 11) is 1.79. The van der Waals surface area contributed by atoms with Gasteiger partial charge in [-0.3, -0.25) is 47.7 Å². The summed E-state index contributed by atoms with van der Waals surface area (Å²) in [6, 6.07) is 14.9. The van der Waals surface area contributed by atoms with Crippen LogP contribution >= 0.6 is 22.9 Å². The van der Waals surface area contributed by atoms with Gasteiger partial charge in [0, 0.05) is 89.5 Å². The number of carboxylic acid groups (broad SMARTS) is 1. The third-order valence-corrected chi connectivity index (χ3v) is 17.7. The summed E-state index contributed by atoms with van der Waals surface area (Å²) in [6.07, 6.45) is 5.72. The number of nitrogens with one attached hydrogen (secondary N) is 2. The molecule has 20 nitrogen and oxygen atoms in total. The summed E-state index contributed by atoms with van der Waals surface area (Å²) >= 11 is 7.96. The summed E-state index contributed by atoms with van der Waals surface area (Å²) in [5.74, 6) is -1.80. The monoisotopic (exact) mass is 1130 g/mol. The SMILES string of the molecule is Cc1sc2c(c1C)C(c1ccc(Cl)cc1)=N[C@@H](CC(=O)N1CCC[C@H]1C(=O)N1CCC(CCC(=O)N3CCC(c4nn(CC(=O)NCC(=O)NCC(=O)O)c5cccc(-c6cc7c(cnn7C)cc6F)c45)CC3)C1)c1nnc(C)n1-2. The predicted octanol–water partition coefficient (Wildman–Crippen LogP) is 6.58. The Morgan fingerprint density at radius 2 is 1.61 bits per heavy atom. The Bertz CT molecular complexity index is 3650. The zero-order valence-corrected chi connectivity index (χ0v) is 46.4. The Kier molecular flexibility index (Phi) is 15.1. The number of hydrogen-bond acceptors (Lipinski definition) is 12. The number of rotatable bonds is 15. The molecule has 4 aliphatic rings. The largest absolute Gasteiger partial charge is 0.480 e. The van der Waals surface area contributed by atoms with Crippen molar-refractivity contribution in [1.29, 1.82) is 0 Å². The number of aryl methyl sites for hydroxylation is 3. The molecule has 7 aromatic rings. The number of hydrogen-bond donors (Lipinski definition) is 3. The number of nitrogens with zero attached hydrogens (tertiary/aromatic N) is 11. The molecule has 1 unspecified atom stereocenters. The molecule has 80 heavy (non-hydrogen) atoms. The van der Waals surface area contributed by atoms with Gasteiger partial charge in [-0.15, -0.1) is 21.5 Å². The number of aliphatic imine (C=N–C) groups is 1. The second-order valence-electron chi connectivity index (χ2n) is 21.3. The molecule has 8 heterocycles. The molecular weight excluding hydrogens is 1070 g/mol. The maximum Gasteiger partial charge on any atom is 0.322 e. The van der Waals surface area contributed by atoms with Crippen molar-refractivity contribution in [3.63, 3.8) is 0 Å². The van der Waals surface area contributed by atoms with Gasteiger partial charge in [0.15, 0.2) is 5.82 Å². The topological polar surface area (TPSA) is 235 Å². The lowest BCUT2D eigenvalue weighted by molar-refractivity contribution is -0.143. The lowest BCUT2D eigenvalue weighted by Gasteiger charge is -2.32. The molecule has 0 spiro atoms. The Hall–Kier alpha value is -7.85. The highest BCUT2D eigenvalue weighted by Crippen LogP contribution is 2.42. The molecule has 0 aliphatic carbocycles. The lowest BCUT2D eigenvalue weighted by atomic mass is 9.88. The Balaban J connectivity index is 0.731. The van der Waals surface area contributed by atoms with Crippen molar-refractivity contribution < 1.29 is 38.3 Å². The molecule has 0 radical (unpaired) electrons. The first-order chi connectivity index (χ1) is 38.5. The quantitative estimate of drug-likeness (QED) is 0.0993. The summed E-state index contributed by atoms with van der Waals surface area (Å²) in [5, 5.41) is 34.9. The molecule has 0 bridgehead atoms. The zero-order chi connectivity index (χ0) is 56.1. The first kappa shape index (κ1) is 54.1. The van der Waals surface area contributed by atoms with Crippen LogP contribution in [0.3, 0.4) is 0 Å². The van der Waals surface area contributed by atoms with Gasteiger partial charge in [0.1, 0.15) is 41.8 Å². The van der Waals surface area contributed by atoms with Gasteiger partial charge in [0.05, 0.1) is 41.6 Å². The first-order valence-corrected chi connectivity index (χ1v) is 28.3. The number of fused-ring (bicyclic) bond motifs is 5. The number of halogens is 2. The standard InChI is InChI=1S/C57H61ClFN13O7S/c1-31-32(2)80-57-51(31)53(35-11-13-38(58)14-12-35)63-42(55-65-64-33(3)72(55)57)25-49(76)70-19-6-9-44(70)56(79)69-20-16-34(29-69)10-15-48(75)68-21-17-36(18-22-68)54-52-39(40-24-45-37(23-41(40)59)26-62-67(45)4)7-5-8-43(52)71(66-54)30-47(74)60-27-46(73)61-28-50(77)78/h5,7-8,11-14,23-24,26,34,36,42,44H,6,9-10,15-22,25,27-30H2,1-4H3,(H,60,74)(H,61,73)(H,77,78)/t34?,42-,44-/m0/s1.